The maximum absolute atomic E-state index is 12.8. The van der Waals surface area contributed by atoms with Crippen LogP contribution in [0.15, 0.2) is 18.2 Å². The molecule has 1 amide bonds. The number of nitrogens with two attached hydrogens (primary N) is 1. The number of aromatic nitrogens is 2. The van der Waals surface area contributed by atoms with Gasteiger partial charge in [0.15, 0.2) is 11.4 Å². The summed E-state index contributed by atoms with van der Waals surface area (Å²) in [6.07, 6.45) is -2.91. The zero-order valence-electron chi connectivity index (χ0n) is 13.3. The molecule has 3 aliphatic heterocycles. The van der Waals surface area contributed by atoms with Crippen LogP contribution in [0, 0.1) is 5.92 Å². The topological polar surface area (TPSA) is 73.4 Å². The van der Waals surface area contributed by atoms with E-state index >= 15 is 0 Å². The lowest BCUT2D eigenvalue weighted by molar-refractivity contribution is -0.274. The number of halogens is 3. The summed E-state index contributed by atoms with van der Waals surface area (Å²) >= 11 is 0. The van der Waals surface area contributed by atoms with Gasteiger partial charge in [0, 0.05) is 11.9 Å². The molecule has 1 aromatic carbocycles. The predicted octanol–water partition coefficient (Wildman–Crippen LogP) is 2.30. The van der Waals surface area contributed by atoms with Crippen LogP contribution in [0.25, 0.3) is 10.9 Å². The molecule has 3 saturated heterocycles. The highest BCUT2D eigenvalue weighted by Gasteiger charge is 2.39. The number of benzene rings is 1. The zero-order chi connectivity index (χ0) is 17.8. The highest BCUT2D eigenvalue weighted by Crippen LogP contribution is 2.40. The Hall–Kier alpha value is -2.29. The number of alkyl halides is 3. The minimum absolute atomic E-state index is 0.0286. The standard InChI is InChI=1S/C16H17F3N4O2/c17-16(18,19)25-12-3-1-2-10-13(15(20)24)21-23(14(10)12)11-8-22-6-4-9(11)5-7-22/h1-3,9,11H,4-8H2,(H2,20,24)/t11-/m0/s1. The van der Waals surface area contributed by atoms with Gasteiger partial charge < -0.3 is 15.4 Å². The van der Waals surface area contributed by atoms with E-state index in [0.29, 0.717) is 12.5 Å². The van der Waals surface area contributed by atoms with Crippen LogP contribution in [0.3, 0.4) is 0 Å². The van der Waals surface area contributed by atoms with Crippen LogP contribution >= 0.6 is 0 Å². The number of hydrogen-bond acceptors (Lipinski definition) is 4. The summed E-state index contributed by atoms with van der Waals surface area (Å²) in [6.45, 7) is 2.66. The van der Waals surface area contributed by atoms with Gasteiger partial charge in [-0.2, -0.15) is 5.10 Å². The molecule has 2 N–H and O–H groups in total. The highest BCUT2D eigenvalue weighted by molar-refractivity contribution is 6.05. The lowest BCUT2D eigenvalue weighted by Crippen LogP contribution is -2.48. The number of fused-ring (bicyclic) bond motifs is 4. The van der Waals surface area contributed by atoms with Crippen molar-refractivity contribution in [1.82, 2.24) is 14.7 Å². The van der Waals surface area contributed by atoms with E-state index in [1.165, 1.54) is 16.8 Å². The van der Waals surface area contributed by atoms with Crippen LogP contribution in [0.5, 0.6) is 5.75 Å². The van der Waals surface area contributed by atoms with E-state index in [0.717, 1.165) is 25.9 Å². The van der Waals surface area contributed by atoms with E-state index in [-0.39, 0.29) is 28.4 Å². The fraction of sp³-hybridized carbons (Fsp3) is 0.500. The van der Waals surface area contributed by atoms with Crippen molar-refractivity contribution >= 4 is 16.8 Å². The highest BCUT2D eigenvalue weighted by atomic mass is 19.4. The third kappa shape index (κ3) is 2.82. The van der Waals surface area contributed by atoms with Crippen molar-refractivity contribution in [3.63, 3.8) is 0 Å². The largest absolute Gasteiger partial charge is 0.573 e. The molecule has 0 saturated carbocycles. The maximum Gasteiger partial charge on any atom is 0.573 e. The Balaban J connectivity index is 1.89. The second-order valence-corrected chi connectivity index (χ2v) is 6.56. The Bertz CT molecular complexity index is 825. The molecule has 0 aliphatic carbocycles. The van der Waals surface area contributed by atoms with Crippen LogP contribution in [0.1, 0.15) is 29.4 Å². The van der Waals surface area contributed by atoms with E-state index in [9.17, 15) is 18.0 Å². The molecule has 1 aromatic heterocycles. The third-order valence-electron chi connectivity index (χ3n) is 5.09. The molecule has 0 radical (unpaired) electrons. The van der Waals surface area contributed by atoms with Gasteiger partial charge in [0.2, 0.25) is 0 Å². The van der Waals surface area contributed by atoms with Crippen molar-refractivity contribution in [1.29, 1.82) is 0 Å². The summed E-state index contributed by atoms with van der Waals surface area (Å²) in [6, 6.07) is 4.08. The minimum atomic E-state index is -4.83. The Morgan fingerprint density at radius 3 is 2.56 bits per heavy atom. The molecule has 9 heteroatoms. The van der Waals surface area contributed by atoms with Crippen LogP contribution in [0.4, 0.5) is 13.2 Å². The second-order valence-electron chi connectivity index (χ2n) is 6.56. The summed E-state index contributed by atoms with van der Waals surface area (Å²) in [5, 5.41) is 4.57. The summed E-state index contributed by atoms with van der Waals surface area (Å²) in [4.78, 5) is 14.0. The van der Waals surface area contributed by atoms with Crippen molar-refractivity contribution in [3.05, 3.63) is 23.9 Å². The van der Waals surface area contributed by atoms with Crippen molar-refractivity contribution in [2.45, 2.75) is 25.2 Å². The van der Waals surface area contributed by atoms with Gasteiger partial charge in [-0.3, -0.25) is 9.48 Å². The summed E-state index contributed by atoms with van der Waals surface area (Å²) in [5.74, 6) is -0.816. The van der Waals surface area contributed by atoms with Gasteiger partial charge in [-0.05, 0) is 37.9 Å². The summed E-state index contributed by atoms with van der Waals surface area (Å²) in [5.41, 5.74) is 5.53. The maximum atomic E-state index is 12.8. The van der Waals surface area contributed by atoms with Gasteiger partial charge in [0.25, 0.3) is 5.91 Å². The molecule has 3 aliphatic rings. The van der Waals surface area contributed by atoms with Gasteiger partial charge >= 0.3 is 6.36 Å². The average molecular weight is 354 g/mol. The normalized spacial score (nSPS) is 26.1. The Labute approximate surface area is 141 Å². The van der Waals surface area contributed by atoms with Crippen LogP contribution in [-0.4, -0.2) is 46.6 Å². The summed E-state index contributed by atoms with van der Waals surface area (Å²) < 4.78 is 44.1. The molecule has 2 aromatic rings. The number of para-hydroxylation sites is 1. The Morgan fingerprint density at radius 1 is 1.28 bits per heavy atom. The fourth-order valence-electron chi connectivity index (χ4n) is 4.00. The molecule has 6 nitrogen and oxygen atoms in total. The van der Waals surface area contributed by atoms with E-state index in [4.69, 9.17) is 5.73 Å². The molecule has 25 heavy (non-hydrogen) atoms. The number of ether oxygens (including phenoxy) is 1. The molecule has 0 unspecified atom stereocenters. The number of primary amides is 1. The van der Waals surface area contributed by atoms with Gasteiger partial charge in [0.05, 0.1) is 6.04 Å². The number of nitrogens with zero attached hydrogens (tertiary/aromatic N) is 3. The first kappa shape index (κ1) is 16.2. The molecule has 134 valence electrons. The first-order chi connectivity index (χ1) is 11.8. The molecular formula is C16H17F3N4O2. The van der Waals surface area contributed by atoms with Crippen molar-refractivity contribution in [3.8, 4) is 5.75 Å². The quantitative estimate of drug-likeness (QED) is 0.918. The van der Waals surface area contributed by atoms with Gasteiger partial charge in [-0.15, -0.1) is 13.2 Å². The Kier molecular flexibility index (Phi) is 3.64. The number of carbonyl (C=O) groups is 1. The van der Waals surface area contributed by atoms with Crippen LogP contribution < -0.4 is 10.5 Å². The first-order valence-electron chi connectivity index (χ1n) is 8.12. The average Bonchev–Trinajstić information content (AvgIpc) is 2.95. The molecule has 3 fully saturated rings. The van der Waals surface area contributed by atoms with Gasteiger partial charge in [0.1, 0.15) is 5.52 Å². The van der Waals surface area contributed by atoms with Crippen LogP contribution in [0.2, 0.25) is 0 Å². The van der Waals surface area contributed by atoms with Crippen molar-refractivity contribution < 1.29 is 22.7 Å². The predicted molar refractivity (Wildman–Crippen MR) is 83.1 cm³/mol. The van der Waals surface area contributed by atoms with E-state index in [2.05, 4.69) is 14.7 Å². The number of amides is 1. The number of rotatable bonds is 3. The van der Waals surface area contributed by atoms with E-state index in [1.807, 2.05) is 0 Å². The Morgan fingerprint density at radius 2 is 2.00 bits per heavy atom. The van der Waals surface area contributed by atoms with Crippen molar-refractivity contribution in [2.75, 3.05) is 19.6 Å². The first-order valence-corrected chi connectivity index (χ1v) is 8.12. The number of carbonyl (C=O) groups excluding carboxylic acids is 1. The van der Waals surface area contributed by atoms with E-state index < -0.39 is 12.3 Å². The fourth-order valence-corrected chi connectivity index (χ4v) is 4.00. The van der Waals surface area contributed by atoms with Crippen LogP contribution in [-0.2, 0) is 0 Å². The van der Waals surface area contributed by atoms with Crippen molar-refractivity contribution in [2.24, 2.45) is 11.7 Å². The second kappa shape index (κ2) is 5.62. The van der Waals surface area contributed by atoms with Gasteiger partial charge in [-0.25, -0.2) is 0 Å². The zero-order valence-corrected chi connectivity index (χ0v) is 13.3. The minimum Gasteiger partial charge on any atom is -0.403 e. The molecule has 2 bridgehead atoms. The van der Waals surface area contributed by atoms with Gasteiger partial charge in [-0.1, -0.05) is 12.1 Å². The molecule has 1 atom stereocenters. The summed E-state index contributed by atoms with van der Waals surface area (Å²) in [7, 11) is 0. The number of hydrogen-bond donors (Lipinski definition) is 1. The SMILES string of the molecule is NC(=O)c1nn([C@H]2CN3CCC2CC3)c2c(OC(F)(F)F)cccc12. The monoisotopic (exact) mass is 354 g/mol. The molecule has 5 rings (SSSR count). The third-order valence-corrected chi connectivity index (χ3v) is 5.09. The molecule has 4 heterocycles. The number of piperidine rings is 3. The molecule has 0 spiro atoms. The van der Waals surface area contributed by atoms with E-state index in [1.54, 1.807) is 6.07 Å². The molecular weight excluding hydrogens is 337 g/mol. The lowest BCUT2D eigenvalue weighted by atomic mass is 9.84. The lowest BCUT2D eigenvalue weighted by Gasteiger charge is -2.44. The smallest absolute Gasteiger partial charge is 0.403 e.